The number of aliphatic carboxylic acids is 1. The van der Waals surface area contributed by atoms with Crippen molar-refractivity contribution in [1.82, 2.24) is 0 Å². The van der Waals surface area contributed by atoms with Crippen molar-refractivity contribution in [2.45, 2.75) is 105 Å². The summed E-state index contributed by atoms with van der Waals surface area (Å²) < 4.78 is 108. The minimum atomic E-state index is -4.49. The molecule has 0 aromatic heterocycles. The number of carboxylic acid groups (broad SMARTS) is 1. The molecule has 16 heteroatoms. The van der Waals surface area contributed by atoms with Crippen molar-refractivity contribution < 1.29 is 53.5 Å². The smallest absolute Gasteiger partial charge is 0.303 e. The maximum absolute atomic E-state index is 12.2. The van der Waals surface area contributed by atoms with Crippen molar-refractivity contribution in [3.05, 3.63) is 136 Å². The second-order valence-electron chi connectivity index (χ2n) is 16.1. The quantitative estimate of drug-likeness (QED) is 0.0602. The van der Waals surface area contributed by atoms with Crippen molar-refractivity contribution in [3.8, 4) is 5.75 Å². The van der Waals surface area contributed by atoms with E-state index in [1.54, 1.807) is 12.1 Å². The van der Waals surface area contributed by atoms with Crippen LogP contribution >= 0.6 is 0 Å². The summed E-state index contributed by atoms with van der Waals surface area (Å²) in [4.78, 5) is 12.5. The fourth-order valence-electron chi connectivity index (χ4n) is 7.63. The lowest BCUT2D eigenvalue weighted by atomic mass is 9.76. The van der Waals surface area contributed by atoms with Gasteiger partial charge in [0.1, 0.15) is 11.5 Å². The summed E-state index contributed by atoms with van der Waals surface area (Å²) in [5, 5.41) is 9.14. The Morgan fingerprint density at radius 2 is 1.43 bits per heavy atom. The first-order valence-electron chi connectivity index (χ1n) is 19.3. The van der Waals surface area contributed by atoms with E-state index in [0.29, 0.717) is 66.9 Å². The van der Waals surface area contributed by atoms with Crippen LogP contribution in [0.2, 0.25) is 0 Å². The first-order chi connectivity index (χ1) is 27.8. The van der Waals surface area contributed by atoms with E-state index >= 15 is 0 Å². The standard InChI is InChI=1S/C44H51NO12S3/c1-29-14-20-35(59(51,52)53)27-37(29)43(3,4)30(2)15-16-31-11-10-12-32(42(31)57-33-18-21-34(22-19-33)58(48,49)50)17-25-40-44(5,6)38-28-36(60(54,55)56)23-24-39(38)45(40)26-9-7-8-13-41(46)47/h14-25,27-28H,2,7-13,26H2,1,3-6H3,(H,46,47)(H,48,49,50)(H,51,52,53)(H,54,55,56)/b16-15+,32-17+,40-25+. The van der Waals surface area contributed by atoms with E-state index in [1.165, 1.54) is 48.5 Å². The van der Waals surface area contributed by atoms with Crippen LogP contribution in [0.1, 0.15) is 89.3 Å². The third-order valence-electron chi connectivity index (χ3n) is 11.2. The van der Waals surface area contributed by atoms with Crippen molar-refractivity contribution in [2.24, 2.45) is 0 Å². The number of aryl methyl sites for hydroxylation is 1. The number of ether oxygens (including phenoxy) is 1. The first kappa shape index (κ1) is 46.2. The Morgan fingerprint density at radius 3 is 2.05 bits per heavy atom. The van der Waals surface area contributed by atoms with Crippen molar-refractivity contribution in [2.75, 3.05) is 11.4 Å². The predicted octanol–water partition coefficient (Wildman–Crippen LogP) is 8.90. The van der Waals surface area contributed by atoms with E-state index in [-0.39, 0.29) is 21.1 Å². The summed E-state index contributed by atoms with van der Waals surface area (Å²) in [6.45, 7) is 14.4. The molecule has 0 amide bonds. The lowest BCUT2D eigenvalue weighted by Gasteiger charge is -2.29. The Hall–Kier alpha value is -4.84. The van der Waals surface area contributed by atoms with Crippen molar-refractivity contribution >= 4 is 42.0 Å². The van der Waals surface area contributed by atoms with Crippen LogP contribution in [0.25, 0.3) is 0 Å². The van der Waals surface area contributed by atoms with Crippen LogP contribution in [0.3, 0.4) is 0 Å². The van der Waals surface area contributed by atoms with E-state index in [0.717, 1.165) is 34.5 Å². The number of allylic oxidation sites excluding steroid dienone is 8. The Bertz CT molecular complexity index is 2650. The molecule has 0 atom stereocenters. The predicted molar refractivity (Wildman–Crippen MR) is 229 cm³/mol. The van der Waals surface area contributed by atoms with Gasteiger partial charge in [0.15, 0.2) is 0 Å². The van der Waals surface area contributed by atoms with Crippen LogP contribution in [0.5, 0.6) is 5.75 Å². The second kappa shape index (κ2) is 17.6. The summed E-state index contributed by atoms with van der Waals surface area (Å²) in [7, 11) is -13.4. The monoisotopic (exact) mass is 881 g/mol. The zero-order chi connectivity index (χ0) is 44.4. The summed E-state index contributed by atoms with van der Waals surface area (Å²) >= 11 is 0. The molecular weight excluding hydrogens is 831 g/mol. The van der Waals surface area contributed by atoms with Gasteiger partial charge in [-0.1, -0.05) is 65.0 Å². The highest BCUT2D eigenvalue weighted by atomic mass is 32.2. The van der Waals surface area contributed by atoms with Gasteiger partial charge in [0.25, 0.3) is 30.4 Å². The third-order valence-corrected chi connectivity index (χ3v) is 13.7. The van der Waals surface area contributed by atoms with Gasteiger partial charge in [0.05, 0.1) is 14.7 Å². The normalized spacial score (nSPS) is 17.4. The zero-order valence-electron chi connectivity index (χ0n) is 34.2. The molecule has 13 nitrogen and oxygen atoms in total. The van der Waals surface area contributed by atoms with Gasteiger partial charge in [-0.25, -0.2) is 0 Å². The Morgan fingerprint density at radius 1 is 0.833 bits per heavy atom. The lowest BCUT2D eigenvalue weighted by Crippen LogP contribution is -2.27. The minimum Gasteiger partial charge on any atom is -0.481 e. The molecule has 0 fully saturated rings. The fourth-order valence-corrected chi connectivity index (χ4v) is 9.12. The molecule has 60 heavy (non-hydrogen) atoms. The molecule has 4 N–H and O–H groups in total. The van der Waals surface area contributed by atoms with Crippen LogP contribution in [0, 0.1) is 6.92 Å². The molecular formula is C44H51NO12S3. The molecule has 0 unspecified atom stereocenters. The maximum atomic E-state index is 12.2. The Balaban J connectivity index is 1.60. The van der Waals surface area contributed by atoms with E-state index in [1.807, 2.05) is 58.9 Å². The number of nitrogens with zero attached hydrogens (tertiary/aromatic N) is 1. The van der Waals surface area contributed by atoms with Crippen LogP contribution < -0.4 is 9.64 Å². The Kier molecular flexibility index (Phi) is 13.6. The van der Waals surface area contributed by atoms with Gasteiger partial charge < -0.3 is 14.7 Å². The number of rotatable bonds is 16. The average Bonchev–Trinajstić information content (AvgIpc) is 3.36. The van der Waals surface area contributed by atoms with Crippen molar-refractivity contribution in [1.29, 1.82) is 0 Å². The molecule has 0 saturated heterocycles. The SMILES string of the molecule is C=C(/C=C/C1=C(Oc2ccc(S(=O)(=O)O)cc2)C(=C/C=C2/N(CCCCCC(=O)O)c3ccc(S(=O)(=O)O)cc3C2(C)C)/CCC1)C(C)(C)c1cc(S(=O)(=O)O)ccc1C. The topological polar surface area (TPSA) is 213 Å². The van der Waals surface area contributed by atoms with Gasteiger partial charge in [0.2, 0.25) is 0 Å². The summed E-state index contributed by atoms with van der Waals surface area (Å²) in [5.74, 6) is -0.0791. The molecule has 1 heterocycles. The van der Waals surface area contributed by atoms with E-state index in [2.05, 4.69) is 11.5 Å². The molecule has 1 aliphatic heterocycles. The molecule has 0 radical (unpaired) electrons. The second-order valence-corrected chi connectivity index (χ2v) is 20.3. The van der Waals surface area contributed by atoms with Crippen LogP contribution in [-0.4, -0.2) is 56.5 Å². The number of fused-ring (bicyclic) bond motifs is 1. The molecule has 2 aliphatic rings. The van der Waals surface area contributed by atoms with Gasteiger partial charge in [-0.05, 0) is 133 Å². The van der Waals surface area contributed by atoms with Crippen molar-refractivity contribution in [3.63, 3.8) is 0 Å². The van der Waals surface area contributed by atoms with Crippen LogP contribution in [0.4, 0.5) is 5.69 Å². The van der Waals surface area contributed by atoms with E-state index in [9.17, 15) is 43.7 Å². The lowest BCUT2D eigenvalue weighted by molar-refractivity contribution is -0.137. The zero-order valence-corrected chi connectivity index (χ0v) is 36.6. The van der Waals surface area contributed by atoms with Crippen LogP contribution in [-0.2, 0) is 46.0 Å². The first-order valence-corrected chi connectivity index (χ1v) is 23.6. The van der Waals surface area contributed by atoms with E-state index < -0.39 is 47.2 Å². The van der Waals surface area contributed by atoms with Gasteiger partial charge in [-0.3, -0.25) is 18.5 Å². The highest BCUT2D eigenvalue weighted by Crippen LogP contribution is 2.49. The van der Waals surface area contributed by atoms with Gasteiger partial charge in [0, 0.05) is 35.2 Å². The third kappa shape index (κ3) is 10.5. The number of hydrogen-bond donors (Lipinski definition) is 4. The summed E-state index contributed by atoms with van der Waals surface area (Å²) in [5.41, 5.74) is 4.42. The molecule has 3 aromatic rings. The number of carbonyl (C=O) groups is 1. The number of anilines is 1. The molecule has 1 aliphatic carbocycles. The Labute approximate surface area is 352 Å². The van der Waals surface area contributed by atoms with Crippen LogP contribution in [0.15, 0.2) is 134 Å². The summed E-state index contributed by atoms with van der Waals surface area (Å²) in [6.07, 6.45) is 11.3. The van der Waals surface area contributed by atoms with Gasteiger partial charge in [-0.15, -0.1) is 0 Å². The highest BCUT2D eigenvalue weighted by Gasteiger charge is 2.40. The minimum absolute atomic E-state index is 0.0464. The largest absolute Gasteiger partial charge is 0.481 e. The number of carboxylic acids is 1. The van der Waals surface area contributed by atoms with Gasteiger partial charge in [-0.2, -0.15) is 25.3 Å². The average molecular weight is 882 g/mol. The van der Waals surface area contributed by atoms with Gasteiger partial charge >= 0.3 is 5.97 Å². The number of unbranched alkanes of at least 4 members (excludes halogenated alkanes) is 2. The molecule has 0 bridgehead atoms. The number of benzene rings is 3. The maximum Gasteiger partial charge on any atom is 0.303 e. The summed E-state index contributed by atoms with van der Waals surface area (Å²) in [6, 6.07) is 14.2. The molecule has 5 rings (SSSR count). The molecule has 0 spiro atoms. The molecule has 322 valence electrons. The molecule has 3 aromatic carbocycles. The number of hydrogen-bond acceptors (Lipinski definition) is 9. The fraction of sp³-hybridized carbons (Fsp3) is 0.341. The highest BCUT2D eigenvalue weighted by molar-refractivity contribution is 7.86. The molecule has 0 saturated carbocycles. The van der Waals surface area contributed by atoms with E-state index in [4.69, 9.17) is 9.84 Å².